The molecule has 174 valence electrons. The van der Waals surface area contributed by atoms with Crippen LogP contribution in [0.4, 0.5) is 4.39 Å². The third-order valence-electron chi connectivity index (χ3n) is 5.27. The molecule has 8 heteroatoms. The Hall–Kier alpha value is -3.00. The van der Waals surface area contributed by atoms with Crippen LogP contribution in [-0.4, -0.2) is 57.9 Å². The fourth-order valence-electron chi connectivity index (χ4n) is 3.80. The highest BCUT2D eigenvalue weighted by Crippen LogP contribution is 2.38. The molecule has 2 unspecified atom stereocenters. The van der Waals surface area contributed by atoms with Gasteiger partial charge in [0.25, 0.3) is 0 Å². The minimum Gasteiger partial charge on any atom is -0.493 e. The lowest BCUT2D eigenvalue weighted by Crippen LogP contribution is -2.50. The molecule has 2 aromatic carbocycles. The summed E-state index contributed by atoms with van der Waals surface area (Å²) in [4.78, 5) is 7.04. The van der Waals surface area contributed by atoms with Crippen LogP contribution in [0.1, 0.15) is 31.1 Å². The van der Waals surface area contributed by atoms with E-state index in [4.69, 9.17) is 23.9 Å². The van der Waals surface area contributed by atoms with Crippen LogP contribution in [-0.2, 0) is 11.3 Å². The van der Waals surface area contributed by atoms with Crippen LogP contribution in [0, 0.1) is 5.82 Å². The zero-order valence-corrected chi connectivity index (χ0v) is 19.4. The Balaban J connectivity index is 1.83. The van der Waals surface area contributed by atoms with E-state index in [1.54, 1.807) is 33.5 Å². The molecule has 1 heterocycles. The minimum absolute atomic E-state index is 0.00355. The molecule has 7 nitrogen and oxygen atoms in total. The molecule has 1 N–H and O–H groups in total. The SMILES string of the molecule is CCNC(=NCc1cc(OC)c(OC)c(OC)c1)N1CC(C)OC(c2ccc(F)cc2)C1. The fourth-order valence-corrected chi connectivity index (χ4v) is 3.80. The molecule has 1 aliphatic rings. The second kappa shape index (κ2) is 11.0. The van der Waals surface area contributed by atoms with E-state index >= 15 is 0 Å². The molecule has 1 saturated heterocycles. The van der Waals surface area contributed by atoms with Gasteiger partial charge in [0.1, 0.15) is 11.9 Å². The molecule has 0 bridgehead atoms. The lowest BCUT2D eigenvalue weighted by Gasteiger charge is -2.38. The Kier molecular flexibility index (Phi) is 8.16. The summed E-state index contributed by atoms with van der Waals surface area (Å²) in [6, 6.07) is 10.3. The molecule has 0 amide bonds. The number of halogens is 1. The van der Waals surface area contributed by atoms with E-state index in [1.807, 2.05) is 26.0 Å². The predicted molar refractivity (Wildman–Crippen MR) is 122 cm³/mol. The lowest BCUT2D eigenvalue weighted by molar-refractivity contribution is -0.0605. The van der Waals surface area contributed by atoms with Gasteiger partial charge in [0.2, 0.25) is 5.75 Å². The van der Waals surface area contributed by atoms with Crippen molar-refractivity contribution < 1.29 is 23.3 Å². The van der Waals surface area contributed by atoms with Crippen LogP contribution >= 0.6 is 0 Å². The Labute approximate surface area is 189 Å². The van der Waals surface area contributed by atoms with Gasteiger partial charge in [-0.3, -0.25) is 0 Å². The Morgan fingerprint density at radius 3 is 2.31 bits per heavy atom. The van der Waals surface area contributed by atoms with Gasteiger partial charge in [0.15, 0.2) is 17.5 Å². The van der Waals surface area contributed by atoms with Gasteiger partial charge in [-0.2, -0.15) is 0 Å². The topological polar surface area (TPSA) is 64.6 Å². The zero-order chi connectivity index (χ0) is 23.1. The van der Waals surface area contributed by atoms with Crippen molar-refractivity contribution in [3.8, 4) is 17.2 Å². The highest BCUT2D eigenvalue weighted by Gasteiger charge is 2.28. The number of nitrogens with one attached hydrogen (secondary N) is 1. The minimum atomic E-state index is -0.255. The van der Waals surface area contributed by atoms with Crippen molar-refractivity contribution in [2.24, 2.45) is 4.99 Å². The number of morpholine rings is 1. The summed E-state index contributed by atoms with van der Waals surface area (Å²) >= 11 is 0. The number of hydrogen-bond acceptors (Lipinski definition) is 5. The predicted octanol–water partition coefficient (Wildman–Crippen LogP) is 3.78. The van der Waals surface area contributed by atoms with Gasteiger partial charge in [0, 0.05) is 13.1 Å². The first kappa shape index (κ1) is 23.7. The highest BCUT2D eigenvalue weighted by atomic mass is 19.1. The van der Waals surface area contributed by atoms with Gasteiger partial charge >= 0.3 is 0 Å². The summed E-state index contributed by atoms with van der Waals surface area (Å²) in [5.41, 5.74) is 1.88. The van der Waals surface area contributed by atoms with Crippen LogP contribution < -0.4 is 19.5 Å². The maximum atomic E-state index is 13.3. The molecule has 2 aromatic rings. The summed E-state index contributed by atoms with van der Waals surface area (Å²) in [6.45, 7) is 6.57. The van der Waals surface area contributed by atoms with Crippen molar-refractivity contribution >= 4 is 5.96 Å². The number of nitrogens with zero attached hydrogens (tertiary/aromatic N) is 2. The van der Waals surface area contributed by atoms with Gasteiger partial charge in [-0.15, -0.1) is 0 Å². The molecule has 1 fully saturated rings. The molecule has 1 aliphatic heterocycles. The quantitative estimate of drug-likeness (QED) is 0.517. The summed E-state index contributed by atoms with van der Waals surface area (Å²) in [5.74, 6) is 2.29. The molecule has 32 heavy (non-hydrogen) atoms. The number of aliphatic imine (C=N–C) groups is 1. The van der Waals surface area contributed by atoms with Gasteiger partial charge in [-0.25, -0.2) is 9.38 Å². The average Bonchev–Trinajstić information content (AvgIpc) is 2.80. The van der Waals surface area contributed by atoms with Crippen molar-refractivity contribution in [2.75, 3.05) is 41.0 Å². The smallest absolute Gasteiger partial charge is 0.203 e. The van der Waals surface area contributed by atoms with Crippen LogP contribution in [0.3, 0.4) is 0 Å². The normalized spacial score (nSPS) is 18.9. The number of methoxy groups -OCH3 is 3. The van der Waals surface area contributed by atoms with Crippen LogP contribution in [0.15, 0.2) is 41.4 Å². The number of rotatable bonds is 7. The monoisotopic (exact) mass is 445 g/mol. The first-order valence-corrected chi connectivity index (χ1v) is 10.7. The average molecular weight is 446 g/mol. The molecule has 0 aromatic heterocycles. The van der Waals surface area contributed by atoms with Crippen molar-refractivity contribution in [2.45, 2.75) is 32.6 Å². The summed E-state index contributed by atoms with van der Waals surface area (Å²) < 4.78 is 35.8. The largest absolute Gasteiger partial charge is 0.493 e. The van der Waals surface area contributed by atoms with Crippen molar-refractivity contribution in [3.63, 3.8) is 0 Å². The first-order chi connectivity index (χ1) is 15.5. The maximum absolute atomic E-state index is 13.3. The van der Waals surface area contributed by atoms with Crippen LogP contribution in [0.5, 0.6) is 17.2 Å². The van der Waals surface area contributed by atoms with E-state index in [0.29, 0.717) is 36.9 Å². The number of benzene rings is 2. The van der Waals surface area contributed by atoms with E-state index in [2.05, 4.69) is 10.2 Å². The van der Waals surface area contributed by atoms with E-state index in [1.165, 1.54) is 12.1 Å². The van der Waals surface area contributed by atoms with E-state index in [-0.39, 0.29) is 18.0 Å². The molecule has 3 rings (SSSR count). The van der Waals surface area contributed by atoms with Gasteiger partial charge in [0.05, 0.1) is 40.5 Å². The molecule has 0 aliphatic carbocycles. The molecular formula is C24H32FN3O4. The second-order valence-electron chi connectivity index (χ2n) is 7.60. The molecule has 0 saturated carbocycles. The fraction of sp³-hybridized carbons (Fsp3) is 0.458. The van der Waals surface area contributed by atoms with Crippen molar-refractivity contribution in [1.82, 2.24) is 10.2 Å². The molecule has 0 spiro atoms. The summed E-state index contributed by atoms with van der Waals surface area (Å²) in [7, 11) is 4.77. The summed E-state index contributed by atoms with van der Waals surface area (Å²) in [6.07, 6.45) is -0.159. The number of ether oxygens (including phenoxy) is 4. The van der Waals surface area contributed by atoms with Crippen molar-refractivity contribution in [3.05, 3.63) is 53.3 Å². The van der Waals surface area contributed by atoms with E-state index in [9.17, 15) is 4.39 Å². The van der Waals surface area contributed by atoms with Gasteiger partial charge in [-0.1, -0.05) is 12.1 Å². The third-order valence-corrected chi connectivity index (χ3v) is 5.27. The zero-order valence-electron chi connectivity index (χ0n) is 19.4. The van der Waals surface area contributed by atoms with Crippen molar-refractivity contribution in [1.29, 1.82) is 0 Å². The molecular weight excluding hydrogens is 413 g/mol. The van der Waals surface area contributed by atoms with Crippen LogP contribution in [0.2, 0.25) is 0 Å². The summed E-state index contributed by atoms with van der Waals surface area (Å²) in [5, 5.41) is 3.38. The maximum Gasteiger partial charge on any atom is 0.203 e. The van der Waals surface area contributed by atoms with Gasteiger partial charge < -0.3 is 29.2 Å². The Morgan fingerprint density at radius 1 is 1.09 bits per heavy atom. The first-order valence-electron chi connectivity index (χ1n) is 10.7. The Bertz CT molecular complexity index is 895. The standard InChI is InChI=1S/C24H32FN3O4/c1-6-26-24(27-13-17-11-20(29-3)23(31-5)21(12-17)30-4)28-14-16(2)32-22(15-28)18-7-9-19(25)10-8-18/h7-12,16,22H,6,13-15H2,1-5H3,(H,26,27). The lowest BCUT2D eigenvalue weighted by atomic mass is 10.1. The van der Waals surface area contributed by atoms with E-state index < -0.39 is 0 Å². The highest BCUT2D eigenvalue weighted by molar-refractivity contribution is 5.80. The van der Waals surface area contributed by atoms with Crippen LogP contribution in [0.25, 0.3) is 0 Å². The van der Waals surface area contributed by atoms with Gasteiger partial charge in [-0.05, 0) is 49.2 Å². The number of hydrogen-bond donors (Lipinski definition) is 1. The Morgan fingerprint density at radius 2 is 1.75 bits per heavy atom. The molecule has 2 atom stereocenters. The number of guanidine groups is 1. The second-order valence-corrected chi connectivity index (χ2v) is 7.60. The third kappa shape index (κ3) is 5.62. The molecule has 0 radical (unpaired) electrons. The van der Waals surface area contributed by atoms with E-state index in [0.717, 1.165) is 23.6 Å².